The van der Waals surface area contributed by atoms with Crippen LogP contribution in [0, 0.1) is 5.41 Å². The molecule has 1 aliphatic rings. The highest BCUT2D eigenvalue weighted by Gasteiger charge is 2.31. The Morgan fingerprint density at radius 3 is 2.39 bits per heavy atom. The van der Waals surface area contributed by atoms with Crippen LogP contribution >= 0.6 is 15.9 Å². The van der Waals surface area contributed by atoms with E-state index in [2.05, 4.69) is 29.8 Å². The summed E-state index contributed by atoms with van der Waals surface area (Å²) in [6.07, 6.45) is 3.33. The van der Waals surface area contributed by atoms with E-state index in [1.165, 1.54) is 17.5 Å². The second-order valence-electron chi connectivity index (χ2n) is 5.70. The molecule has 0 N–H and O–H groups in total. The highest BCUT2D eigenvalue weighted by atomic mass is 79.9. The second-order valence-corrected chi connectivity index (χ2v) is 6.80. The predicted octanol–water partition coefficient (Wildman–Crippen LogP) is 4.50. The standard InChI is InChI=1S/C15H21BrO2/c1-15(2)8-7-10-12(17-3)5-6-13(18-4)14(10)11(16)9-15/h5-6,11H,7-9H2,1-4H3. The molecule has 0 radical (unpaired) electrons. The van der Waals surface area contributed by atoms with E-state index in [0.717, 1.165) is 24.3 Å². The first-order valence-corrected chi connectivity index (χ1v) is 7.28. The third kappa shape index (κ3) is 2.51. The van der Waals surface area contributed by atoms with Crippen molar-refractivity contribution in [3.63, 3.8) is 0 Å². The average Bonchev–Trinajstić information content (AvgIpc) is 2.45. The van der Waals surface area contributed by atoms with Crippen LogP contribution in [0.5, 0.6) is 11.5 Å². The molecule has 0 aromatic heterocycles. The van der Waals surface area contributed by atoms with Crippen molar-refractivity contribution in [1.82, 2.24) is 0 Å². The summed E-state index contributed by atoms with van der Waals surface area (Å²) in [6.45, 7) is 4.65. The molecule has 0 fully saturated rings. The van der Waals surface area contributed by atoms with Crippen molar-refractivity contribution < 1.29 is 9.47 Å². The van der Waals surface area contributed by atoms with Crippen molar-refractivity contribution in [2.45, 2.75) is 37.9 Å². The molecule has 0 spiro atoms. The van der Waals surface area contributed by atoms with Crippen LogP contribution in [-0.2, 0) is 6.42 Å². The molecule has 0 saturated carbocycles. The normalized spacial score (nSPS) is 21.9. The highest BCUT2D eigenvalue weighted by Crippen LogP contribution is 2.48. The fraction of sp³-hybridized carbons (Fsp3) is 0.600. The molecule has 18 heavy (non-hydrogen) atoms. The number of rotatable bonds is 2. The van der Waals surface area contributed by atoms with Gasteiger partial charge in [0, 0.05) is 16.0 Å². The summed E-state index contributed by atoms with van der Waals surface area (Å²) in [7, 11) is 3.47. The largest absolute Gasteiger partial charge is 0.496 e. The SMILES string of the molecule is COc1ccc(OC)c2c1CCC(C)(C)CC2Br. The van der Waals surface area contributed by atoms with Gasteiger partial charge >= 0.3 is 0 Å². The van der Waals surface area contributed by atoms with Gasteiger partial charge in [0.15, 0.2) is 0 Å². The maximum absolute atomic E-state index is 5.52. The number of ether oxygens (including phenoxy) is 2. The van der Waals surface area contributed by atoms with Crippen molar-refractivity contribution in [2.24, 2.45) is 5.41 Å². The molecule has 2 nitrogen and oxygen atoms in total. The van der Waals surface area contributed by atoms with Crippen molar-refractivity contribution in [3.8, 4) is 11.5 Å². The van der Waals surface area contributed by atoms with Crippen LogP contribution in [0.15, 0.2) is 12.1 Å². The van der Waals surface area contributed by atoms with Crippen molar-refractivity contribution in [2.75, 3.05) is 14.2 Å². The van der Waals surface area contributed by atoms with Gasteiger partial charge in [0.2, 0.25) is 0 Å². The van der Waals surface area contributed by atoms with Crippen LogP contribution in [0.3, 0.4) is 0 Å². The Labute approximate surface area is 118 Å². The fourth-order valence-electron chi connectivity index (χ4n) is 2.75. The molecule has 1 aliphatic carbocycles. The van der Waals surface area contributed by atoms with Gasteiger partial charge in [-0.3, -0.25) is 0 Å². The van der Waals surface area contributed by atoms with Gasteiger partial charge in [0.1, 0.15) is 11.5 Å². The summed E-state index contributed by atoms with van der Waals surface area (Å²) in [6, 6.07) is 4.01. The topological polar surface area (TPSA) is 18.5 Å². The molecule has 0 amide bonds. The lowest BCUT2D eigenvalue weighted by Crippen LogP contribution is -2.11. The second kappa shape index (κ2) is 5.12. The van der Waals surface area contributed by atoms with Gasteiger partial charge in [-0.1, -0.05) is 29.8 Å². The van der Waals surface area contributed by atoms with Gasteiger partial charge in [-0.05, 0) is 36.8 Å². The molecular weight excluding hydrogens is 292 g/mol. The van der Waals surface area contributed by atoms with E-state index in [4.69, 9.17) is 9.47 Å². The third-order valence-electron chi connectivity index (χ3n) is 3.81. The molecule has 1 unspecified atom stereocenters. The number of methoxy groups -OCH3 is 2. The van der Waals surface area contributed by atoms with Crippen molar-refractivity contribution in [3.05, 3.63) is 23.3 Å². The summed E-state index contributed by atoms with van der Waals surface area (Å²) in [5, 5.41) is 0. The van der Waals surface area contributed by atoms with E-state index >= 15 is 0 Å². The molecule has 2 rings (SSSR count). The van der Waals surface area contributed by atoms with Crippen molar-refractivity contribution in [1.29, 1.82) is 0 Å². The Bertz CT molecular complexity index is 440. The monoisotopic (exact) mass is 312 g/mol. The van der Waals surface area contributed by atoms with Gasteiger partial charge in [0.05, 0.1) is 14.2 Å². The first kappa shape index (κ1) is 13.7. The van der Waals surface area contributed by atoms with E-state index in [0.29, 0.717) is 10.2 Å². The van der Waals surface area contributed by atoms with Gasteiger partial charge < -0.3 is 9.47 Å². The Morgan fingerprint density at radius 2 is 1.78 bits per heavy atom. The summed E-state index contributed by atoms with van der Waals surface area (Å²) in [4.78, 5) is 0.329. The summed E-state index contributed by atoms with van der Waals surface area (Å²) in [5.74, 6) is 1.94. The van der Waals surface area contributed by atoms with E-state index in [-0.39, 0.29) is 0 Å². The minimum atomic E-state index is 0.329. The zero-order valence-corrected chi connectivity index (χ0v) is 13.1. The maximum atomic E-state index is 5.52. The third-order valence-corrected chi connectivity index (χ3v) is 4.59. The first-order valence-electron chi connectivity index (χ1n) is 6.36. The van der Waals surface area contributed by atoms with Crippen LogP contribution in [-0.4, -0.2) is 14.2 Å². The Hall–Kier alpha value is -0.700. The number of alkyl halides is 1. The van der Waals surface area contributed by atoms with Crippen LogP contribution in [0.1, 0.15) is 42.6 Å². The molecule has 0 heterocycles. The zero-order valence-electron chi connectivity index (χ0n) is 11.5. The van der Waals surface area contributed by atoms with Crippen LogP contribution < -0.4 is 9.47 Å². The molecule has 100 valence electrons. The maximum Gasteiger partial charge on any atom is 0.123 e. The minimum Gasteiger partial charge on any atom is -0.496 e. The Kier molecular flexibility index (Phi) is 3.90. The number of halogens is 1. The first-order chi connectivity index (χ1) is 8.48. The molecule has 1 aromatic carbocycles. The van der Waals surface area contributed by atoms with Crippen LogP contribution in [0.25, 0.3) is 0 Å². The van der Waals surface area contributed by atoms with E-state index in [1.807, 2.05) is 12.1 Å². The molecule has 1 aromatic rings. The smallest absolute Gasteiger partial charge is 0.123 e. The lowest BCUT2D eigenvalue weighted by molar-refractivity contribution is 0.314. The molecular formula is C15H21BrO2. The highest BCUT2D eigenvalue weighted by molar-refractivity contribution is 9.09. The average molecular weight is 313 g/mol. The van der Waals surface area contributed by atoms with Crippen LogP contribution in [0.2, 0.25) is 0 Å². The number of hydrogen-bond donors (Lipinski definition) is 0. The fourth-order valence-corrected chi connectivity index (χ4v) is 4.12. The molecule has 3 heteroatoms. The quantitative estimate of drug-likeness (QED) is 0.591. The molecule has 0 saturated heterocycles. The summed E-state index contributed by atoms with van der Waals surface area (Å²) >= 11 is 3.83. The van der Waals surface area contributed by atoms with Gasteiger partial charge in [-0.15, -0.1) is 0 Å². The zero-order chi connectivity index (χ0) is 13.3. The molecule has 0 bridgehead atoms. The van der Waals surface area contributed by atoms with E-state index in [1.54, 1.807) is 14.2 Å². The minimum absolute atomic E-state index is 0.329. The summed E-state index contributed by atoms with van der Waals surface area (Å²) in [5.41, 5.74) is 2.90. The lowest BCUT2D eigenvalue weighted by Gasteiger charge is -2.24. The number of hydrogen-bond acceptors (Lipinski definition) is 2. The van der Waals surface area contributed by atoms with E-state index < -0.39 is 0 Å². The van der Waals surface area contributed by atoms with Crippen LogP contribution in [0.4, 0.5) is 0 Å². The summed E-state index contributed by atoms with van der Waals surface area (Å²) < 4.78 is 11.0. The Morgan fingerprint density at radius 1 is 1.17 bits per heavy atom. The van der Waals surface area contributed by atoms with Gasteiger partial charge in [-0.2, -0.15) is 0 Å². The van der Waals surface area contributed by atoms with E-state index in [9.17, 15) is 0 Å². The van der Waals surface area contributed by atoms with Gasteiger partial charge in [0.25, 0.3) is 0 Å². The van der Waals surface area contributed by atoms with Crippen molar-refractivity contribution >= 4 is 15.9 Å². The molecule has 0 aliphatic heterocycles. The molecule has 1 atom stereocenters. The Balaban J connectivity index is 2.55. The van der Waals surface area contributed by atoms with Gasteiger partial charge in [-0.25, -0.2) is 0 Å². The lowest BCUT2D eigenvalue weighted by atomic mass is 9.84. The number of benzene rings is 1. The number of fused-ring (bicyclic) bond motifs is 1. The predicted molar refractivity (Wildman–Crippen MR) is 77.9 cm³/mol.